The minimum Gasteiger partial charge on any atom is -0.380 e. The first kappa shape index (κ1) is 13.2. The van der Waals surface area contributed by atoms with Gasteiger partial charge < -0.3 is 5.32 Å². The van der Waals surface area contributed by atoms with Crippen molar-refractivity contribution in [3.63, 3.8) is 0 Å². The van der Waals surface area contributed by atoms with Crippen molar-refractivity contribution in [2.75, 3.05) is 5.32 Å². The molecule has 1 aliphatic rings. The van der Waals surface area contributed by atoms with Crippen molar-refractivity contribution in [3.05, 3.63) is 63.6 Å². The third kappa shape index (κ3) is 2.86. The fourth-order valence-electron chi connectivity index (χ4n) is 2.44. The van der Waals surface area contributed by atoms with Crippen LogP contribution in [0.4, 0.5) is 5.69 Å². The van der Waals surface area contributed by atoms with Crippen LogP contribution in [-0.2, 0) is 6.54 Å². The Balaban J connectivity index is 1.80. The lowest BCUT2D eigenvalue weighted by Gasteiger charge is -2.12. The summed E-state index contributed by atoms with van der Waals surface area (Å²) >= 11 is 3.45. The van der Waals surface area contributed by atoms with Gasteiger partial charge in [-0.1, -0.05) is 40.2 Å². The Kier molecular flexibility index (Phi) is 3.75. The Morgan fingerprint density at radius 3 is 2.75 bits per heavy atom. The quantitative estimate of drug-likeness (QED) is 0.875. The van der Waals surface area contributed by atoms with E-state index in [2.05, 4.69) is 51.6 Å². The van der Waals surface area contributed by atoms with Gasteiger partial charge in [0.25, 0.3) is 0 Å². The van der Waals surface area contributed by atoms with Gasteiger partial charge in [0.15, 0.2) is 0 Å². The Labute approximate surface area is 127 Å². The van der Waals surface area contributed by atoms with Gasteiger partial charge in [-0.15, -0.1) is 0 Å². The zero-order chi connectivity index (χ0) is 13.9. The third-order valence-electron chi connectivity index (χ3n) is 3.64. The highest BCUT2D eigenvalue weighted by molar-refractivity contribution is 9.10. The summed E-state index contributed by atoms with van der Waals surface area (Å²) in [7, 11) is 0. The van der Waals surface area contributed by atoms with Crippen LogP contribution in [0.25, 0.3) is 0 Å². The SMILES string of the molecule is N#Cc1ccc(Br)cc1NCc1ccccc1C1CC1. The van der Waals surface area contributed by atoms with E-state index in [9.17, 15) is 0 Å². The largest absolute Gasteiger partial charge is 0.380 e. The molecule has 0 aromatic heterocycles. The number of anilines is 1. The molecule has 0 unspecified atom stereocenters. The van der Waals surface area contributed by atoms with Crippen molar-refractivity contribution < 1.29 is 0 Å². The Morgan fingerprint density at radius 1 is 1.20 bits per heavy atom. The minimum absolute atomic E-state index is 0.678. The molecule has 3 rings (SSSR count). The zero-order valence-corrected chi connectivity index (χ0v) is 12.7. The van der Waals surface area contributed by atoms with Gasteiger partial charge in [-0.2, -0.15) is 5.26 Å². The number of halogens is 1. The summed E-state index contributed by atoms with van der Waals surface area (Å²) in [5.74, 6) is 0.742. The van der Waals surface area contributed by atoms with E-state index in [1.807, 2.05) is 18.2 Å². The highest BCUT2D eigenvalue weighted by Gasteiger charge is 2.25. The molecule has 2 nitrogen and oxygen atoms in total. The molecule has 1 aliphatic carbocycles. The molecule has 0 saturated heterocycles. The van der Waals surface area contributed by atoms with E-state index in [1.54, 1.807) is 0 Å². The lowest BCUT2D eigenvalue weighted by atomic mass is 10.0. The number of hydrogen-bond donors (Lipinski definition) is 1. The molecule has 0 bridgehead atoms. The van der Waals surface area contributed by atoms with Crippen LogP contribution in [0, 0.1) is 11.3 Å². The highest BCUT2D eigenvalue weighted by Crippen LogP contribution is 2.41. The van der Waals surface area contributed by atoms with E-state index in [0.29, 0.717) is 5.56 Å². The molecule has 1 N–H and O–H groups in total. The number of nitrogens with zero attached hydrogens (tertiary/aromatic N) is 1. The molecule has 1 fully saturated rings. The van der Waals surface area contributed by atoms with E-state index in [0.717, 1.165) is 22.6 Å². The molecule has 2 aromatic rings. The first-order valence-electron chi connectivity index (χ1n) is 6.79. The van der Waals surface area contributed by atoms with Crippen molar-refractivity contribution in [2.24, 2.45) is 0 Å². The first-order valence-corrected chi connectivity index (χ1v) is 7.58. The minimum atomic E-state index is 0.678. The summed E-state index contributed by atoms with van der Waals surface area (Å²) in [6, 6.07) is 16.5. The molecular weight excluding hydrogens is 312 g/mol. The summed E-state index contributed by atoms with van der Waals surface area (Å²) < 4.78 is 0.981. The first-order chi connectivity index (χ1) is 9.78. The van der Waals surface area contributed by atoms with Crippen molar-refractivity contribution in [2.45, 2.75) is 25.3 Å². The molecule has 2 aromatic carbocycles. The molecule has 3 heteroatoms. The van der Waals surface area contributed by atoms with Gasteiger partial charge in [0.05, 0.1) is 11.3 Å². The second kappa shape index (κ2) is 5.68. The summed E-state index contributed by atoms with van der Waals surface area (Å²) in [5.41, 5.74) is 4.34. The molecule has 0 radical (unpaired) electrons. The van der Waals surface area contributed by atoms with Crippen LogP contribution in [0.2, 0.25) is 0 Å². The average molecular weight is 327 g/mol. The molecular formula is C17H15BrN2. The average Bonchev–Trinajstić information content (AvgIpc) is 3.30. The number of nitriles is 1. The summed E-state index contributed by atoms with van der Waals surface area (Å²) in [6.45, 7) is 0.762. The van der Waals surface area contributed by atoms with E-state index in [1.165, 1.54) is 24.0 Å². The maximum absolute atomic E-state index is 9.15. The summed E-state index contributed by atoms with van der Waals surface area (Å²) in [5, 5.41) is 12.5. The smallest absolute Gasteiger partial charge is 0.101 e. The predicted octanol–water partition coefficient (Wildman–Crippen LogP) is 4.81. The molecule has 0 atom stereocenters. The molecule has 0 heterocycles. The highest BCUT2D eigenvalue weighted by atomic mass is 79.9. The normalized spacial score (nSPS) is 13.8. The van der Waals surface area contributed by atoms with Crippen LogP contribution in [0.3, 0.4) is 0 Å². The Bertz CT molecular complexity index is 669. The second-order valence-corrected chi connectivity index (χ2v) is 6.04. The number of rotatable bonds is 4. The van der Waals surface area contributed by atoms with Gasteiger partial charge >= 0.3 is 0 Å². The topological polar surface area (TPSA) is 35.8 Å². The van der Waals surface area contributed by atoms with E-state index >= 15 is 0 Å². The summed E-state index contributed by atoms with van der Waals surface area (Å²) in [6.07, 6.45) is 2.61. The maximum Gasteiger partial charge on any atom is 0.101 e. The van der Waals surface area contributed by atoms with Crippen molar-refractivity contribution >= 4 is 21.6 Å². The van der Waals surface area contributed by atoms with E-state index in [4.69, 9.17) is 5.26 Å². The van der Waals surface area contributed by atoms with Crippen molar-refractivity contribution in [1.29, 1.82) is 5.26 Å². The summed E-state index contributed by atoms with van der Waals surface area (Å²) in [4.78, 5) is 0. The molecule has 0 spiro atoms. The van der Waals surface area contributed by atoms with Crippen LogP contribution in [0.15, 0.2) is 46.9 Å². The second-order valence-electron chi connectivity index (χ2n) is 5.13. The lowest BCUT2D eigenvalue weighted by molar-refractivity contribution is 1.03. The van der Waals surface area contributed by atoms with Crippen LogP contribution < -0.4 is 5.32 Å². The van der Waals surface area contributed by atoms with Crippen molar-refractivity contribution in [3.8, 4) is 6.07 Å². The van der Waals surface area contributed by atoms with Gasteiger partial charge in [-0.25, -0.2) is 0 Å². The van der Waals surface area contributed by atoms with E-state index < -0.39 is 0 Å². The standard InChI is InChI=1S/C17H15BrN2/c18-15-8-7-13(10-19)17(9-15)20-11-14-3-1-2-4-16(14)12-5-6-12/h1-4,7-9,12,20H,5-6,11H2. The fourth-order valence-corrected chi connectivity index (χ4v) is 2.80. The molecule has 0 aliphatic heterocycles. The van der Waals surface area contributed by atoms with Gasteiger partial charge in [0.2, 0.25) is 0 Å². The van der Waals surface area contributed by atoms with Gasteiger partial charge in [0.1, 0.15) is 6.07 Å². The Morgan fingerprint density at radius 2 is 2.00 bits per heavy atom. The lowest BCUT2D eigenvalue weighted by Crippen LogP contribution is -2.03. The predicted molar refractivity (Wildman–Crippen MR) is 84.6 cm³/mol. The molecule has 1 saturated carbocycles. The monoisotopic (exact) mass is 326 g/mol. The van der Waals surface area contributed by atoms with Crippen LogP contribution in [0.1, 0.15) is 35.4 Å². The van der Waals surface area contributed by atoms with Crippen LogP contribution in [-0.4, -0.2) is 0 Å². The number of benzene rings is 2. The maximum atomic E-state index is 9.15. The van der Waals surface area contributed by atoms with Crippen LogP contribution in [0.5, 0.6) is 0 Å². The van der Waals surface area contributed by atoms with Gasteiger partial charge in [-0.3, -0.25) is 0 Å². The third-order valence-corrected chi connectivity index (χ3v) is 4.14. The van der Waals surface area contributed by atoms with E-state index in [-0.39, 0.29) is 0 Å². The number of hydrogen-bond acceptors (Lipinski definition) is 2. The molecule has 20 heavy (non-hydrogen) atoms. The van der Waals surface area contributed by atoms with Gasteiger partial charge in [0, 0.05) is 11.0 Å². The number of nitrogens with one attached hydrogen (secondary N) is 1. The fraction of sp³-hybridized carbons (Fsp3) is 0.235. The van der Waals surface area contributed by atoms with Crippen molar-refractivity contribution in [1.82, 2.24) is 0 Å². The van der Waals surface area contributed by atoms with Gasteiger partial charge in [-0.05, 0) is 48.1 Å². The molecule has 100 valence electrons. The van der Waals surface area contributed by atoms with Crippen LogP contribution >= 0.6 is 15.9 Å². The Hall–Kier alpha value is -1.79. The molecule has 0 amide bonds. The zero-order valence-electron chi connectivity index (χ0n) is 11.1.